The van der Waals surface area contributed by atoms with E-state index in [1.165, 1.54) is 0 Å². The van der Waals surface area contributed by atoms with Crippen LogP contribution >= 0.6 is 34.5 Å². The maximum atomic E-state index is 12.3. The van der Waals surface area contributed by atoms with Crippen LogP contribution in [0.4, 0.5) is 21.3 Å². The van der Waals surface area contributed by atoms with Gasteiger partial charge in [0.05, 0.1) is 0 Å². The molecule has 1 heterocycles. The van der Waals surface area contributed by atoms with Crippen LogP contribution in [0.3, 0.4) is 0 Å². The summed E-state index contributed by atoms with van der Waals surface area (Å²) >= 11 is 12.9. The van der Waals surface area contributed by atoms with Gasteiger partial charge in [0, 0.05) is 26.8 Å². The number of carbonyl (C=O) groups is 2. The highest BCUT2D eigenvalue weighted by atomic mass is 35.5. The number of urea groups is 1. The average molecular weight is 421 g/mol. The van der Waals surface area contributed by atoms with Crippen molar-refractivity contribution in [1.82, 2.24) is 4.98 Å². The monoisotopic (exact) mass is 420 g/mol. The number of anilines is 3. The maximum Gasteiger partial charge on any atom is 0.325 e. The Kier molecular flexibility index (Phi) is 5.95. The van der Waals surface area contributed by atoms with Crippen LogP contribution in [0.1, 0.15) is 16.1 Å². The van der Waals surface area contributed by atoms with Crippen LogP contribution in [-0.4, -0.2) is 16.9 Å². The SMILES string of the molecule is Cc1ccc(Cl)cc1NC(=O)c1csc(NC(=O)Nc2ccc(Cl)cc2)n1. The number of nitrogens with zero attached hydrogens (tertiary/aromatic N) is 1. The van der Waals surface area contributed by atoms with E-state index in [0.29, 0.717) is 26.6 Å². The zero-order valence-electron chi connectivity index (χ0n) is 14.0. The second kappa shape index (κ2) is 8.39. The number of thiazole rings is 1. The van der Waals surface area contributed by atoms with Gasteiger partial charge in [-0.15, -0.1) is 11.3 Å². The van der Waals surface area contributed by atoms with Crippen LogP contribution in [0.25, 0.3) is 0 Å². The number of amides is 3. The van der Waals surface area contributed by atoms with Gasteiger partial charge in [0.15, 0.2) is 5.13 Å². The van der Waals surface area contributed by atoms with Gasteiger partial charge in [-0.05, 0) is 48.9 Å². The van der Waals surface area contributed by atoms with Crippen molar-refractivity contribution in [3.05, 3.63) is 69.1 Å². The van der Waals surface area contributed by atoms with Crippen molar-refractivity contribution in [3.8, 4) is 0 Å². The zero-order chi connectivity index (χ0) is 19.4. The number of nitrogens with one attached hydrogen (secondary N) is 3. The minimum absolute atomic E-state index is 0.196. The molecule has 3 rings (SSSR count). The van der Waals surface area contributed by atoms with E-state index >= 15 is 0 Å². The summed E-state index contributed by atoms with van der Waals surface area (Å²) in [5, 5.41) is 11.0. The highest BCUT2D eigenvalue weighted by molar-refractivity contribution is 7.14. The summed E-state index contributed by atoms with van der Waals surface area (Å²) in [5.74, 6) is -0.386. The molecule has 3 amide bonds. The Bertz CT molecular complexity index is 989. The summed E-state index contributed by atoms with van der Waals surface area (Å²) < 4.78 is 0. The summed E-state index contributed by atoms with van der Waals surface area (Å²) in [6.07, 6.45) is 0. The van der Waals surface area contributed by atoms with E-state index in [-0.39, 0.29) is 11.6 Å². The molecule has 0 radical (unpaired) electrons. The summed E-state index contributed by atoms with van der Waals surface area (Å²) in [6.45, 7) is 1.86. The fraction of sp³-hybridized carbons (Fsp3) is 0.0556. The van der Waals surface area contributed by atoms with Gasteiger partial charge >= 0.3 is 6.03 Å². The molecule has 3 aromatic rings. The number of benzene rings is 2. The molecule has 1 aromatic heterocycles. The molecule has 0 saturated heterocycles. The summed E-state index contributed by atoms with van der Waals surface area (Å²) in [7, 11) is 0. The van der Waals surface area contributed by atoms with E-state index in [1.54, 1.807) is 41.8 Å². The van der Waals surface area contributed by atoms with Gasteiger partial charge in [0.25, 0.3) is 5.91 Å². The van der Waals surface area contributed by atoms with Crippen molar-refractivity contribution >= 4 is 63.0 Å². The number of halogens is 2. The van der Waals surface area contributed by atoms with Gasteiger partial charge in [-0.3, -0.25) is 10.1 Å². The fourth-order valence-corrected chi connectivity index (χ4v) is 3.13. The number of hydrogen-bond acceptors (Lipinski definition) is 4. The molecule has 0 saturated carbocycles. The van der Waals surface area contributed by atoms with E-state index in [2.05, 4.69) is 20.9 Å². The molecule has 0 fully saturated rings. The number of aryl methyl sites for hydroxylation is 1. The lowest BCUT2D eigenvalue weighted by molar-refractivity contribution is 0.102. The first-order valence-corrected chi connectivity index (χ1v) is 9.41. The largest absolute Gasteiger partial charge is 0.325 e. The third-order valence-electron chi connectivity index (χ3n) is 3.51. The second-order valence-electron chi connectivity index (χ2n) is 5.54. The maximum absolute atomic E-state index is 12.3. The molecule has 0 aliphatic rings. The normalized spacial score (nSPS) is 10.3. The first kappa shape index (κ1) is 19.2. The molecular weight excluding hydrogens is 407 g/mol. The molecule has 0 spiro atoms. The molecule has 0 bridgehead atoms. The lowest BCUT2D eigenvalue weighted by Crippen LogP contribution is -2.19. The summed E-state index contributed by atoms with van der Waals surface area (Å²) in [6, 6.07) is 11.4. The second-order valence-corrected chi connectivity index (χ2v) is 7.27. The van der Waals surface area contributed by atoms with E-state index in [0.717, 1.165) is 16.9 Å². The predicted octanol–water partition coefficient (Wildman–Crippen LogP) is 5.65. The Morgan fingerprint density at radius 1 is 0.963 bits per heavy atom. The molecule has 3 N–H and O–H groups in total. The smallest absolute Gasteiger partial charge is 0.320 e. The fourth-order valence-electron chi connectivity index (χ4n) is 2.14. The quantitative estimate of drug-likeness (QED) is 0.509. The van der Waals surface area contributed by atoms with Gasteiger partial charge < -0.3 is 10.6 Å². The Hall–Kier alpha value is -2.61. The van der Waals surface area contributed by atoms with E-state index in [1.807, 2.05) is 13.0 Å². The number of hydrogen-bond donors (Lipinski definition) is 3. The van der Waals surface area contributed by atoms with Crippen molar-refractivity contribution in [3.63, 3.8) is 0 Å². The lowest BCUT2D eigenvalue weighted by atomic mass is 10.2. The van der Waals surface area contributed by atoms with Crippen molar-refractivity contribution in [2.45, 2.75) is 6.92 Å². The molecule has 27 heavy (non-hydrogen) atoms. The minimum atomic E-state index is -0.468. The Balaban J connectivity index is 1.62. The van der Waals surface area contributed by atoms with Crippen LogP contribution in [0.2, 0.25) is 10.0 Å². The van der Waals surface area contributed by atoms with Crippen LogP contribution < -0.4 is 16.0 Å². The predicted molar refractivity (Wildman–Crippen MR) is 110 cm³/mol. The Labute approximate surface area is 169 Å². The lowest BCUT2D eigenvalue weighted by Gasteiger charge is -2.07. The first-order valence-electron chi connectivity index (χ1n) is 7.77. The third kappa shape index (κ3) is 5.19. The van der Waals surface area contributed by atoms with Gasteiger partial charge in [0.1, 0.15) is 5.69 Å². The highest BCUT2D eigenvalue weighted by Gasteiger charge is 2.14. The van der Waals surface area contributed by atoms with E-state index < -0.39 is 6.03 Å². The molecule has 0 atom stereocenters. The first-order chi connectivity index (χ1) is 12.9. The number of aromatic nitrogens is 1. The van der Waals surface area contributed by atoms with E-state index in [9.17, 15) is 9.59 Å². The van der Waals surface area contributed by atoms with Crippen molar-refractivity contribution in [2.75, 3.05) is 16.0 Å². The molecular formula is C18H14Cl2N4O2S. The van der Waals surface area contributed by atoms with Crippen molar-refractivity contribution in [1.29, 1.82) is 0 Å². The van der Waals surface area contributed by atoms with Gasteiger partial charge in [0.2, 0.25) is 0 Å². The third-order valence-corrected chi connectivity index (χ3v) is 4.75. The van der Waals surface area contributed by atoms with Crippen molar-refractivity contribution in [2.24, 2.45) is 0 Å². The number of rotatable bonds is 4. The zero-order valence-corrected chi connectivity index (χ0v) is 16.4. The molecule has 138 valence electrons. The Morgan fingerprint density at radius 3 is 2.41 bits per heavy atom. The topological polar surface area (TPSA) is 83.1 Å². The molecule has 2 aromatic carbocycles. The molecule has 0 aliphatic heterocycles. The van der Waals surface area contributed by atoms with Crippen LogP contribution in [0.5, 0.6) is 0 Å². The highest BCUT2D eigenvalue weighted by Crippen LogP contribution is 2.22. The van der Waals surface area contributed by atoms with Crippen LogP contribution in [0, 0.1) is 6.92 Å². The summed E-state index contributed by atoms with van der Waals surface area (Å²) in [4.78, 5) is 28.5. The van der Waals surface area contributed by atoms with Gasteiger partial charge in [-0.2, -0.15) is 0 Å². The van der Waals surface area contributed by atoms with Crippen LogP contribution in [-0.2, 0) is 0 Å². The van der Waals surface area contributed by atoms with E-state index in [4.69, 9.17) is 23.2 Å². The molecule has 6 nitrogen and oxygen atoms in total. The number of carbonyl (C=O) groups excluding carboxylic acids is 2. The van der Waals surface area contributed by atoms with Gasteiger partial charge in [-0.1, -0.05) is 29.3 Å². The molecule has 0 unspecified atom stereocenters. The minimum Gasteiger partial charge on any atom is -0.320 e. The standard InChI is InChI=1S/C18H14Cl2N4O2S/c1-10-2-3-12(20)8-14(10)22-16(25)15-9-27-18(23-15)24-17(26)21-13-6-4-11(19)5-7-13/h2-9H,1H3,(H,22,25)(H2,21,23,24,26). The molecule has 0 aliphatic carbocycles. The Morgan fingerprint density at radius 2 is 1.67 bits per heavy atom. The van der Waals surface area contributed by atoms with Gasteiger partial charge in [-0.25, -0.2) is 9.78 Å². The van der Waals surface area contributed by atoms with Crippen LogP contribution in [0.15, 0.2) is 47.8 Å². The molecule has 9 heteroatoms. The average Bonchev–Trinajstić information content (AvgIpc) is 3.08. The summed E-state index contributed by atoms with van der Waals surface area (Å²) in [5.41, 5.74) is 2.27. The van der Waals surface area contributed by atoms with Crippen molar-refractivity contribution < 1.29 is 9.59 Å².